The summed E-state index contributed by atoms with van der Waals surface area (Å²) < 4.78 is 4.66. The highest BCUT2D eigenvalue weighted by Crippen LogP contribution is 2.32. The van der Waals surface area contributed by atoms with Crippen molar-refractivity contribution < 1.29 is 1.43 Å². The van der Waals surface area contributed by atoms with E-state index in [1.807, 2.05) is 0 Å². The molecule has 3 heteroatoms. The normalized spacial score (nSPS) is 11.3. The van der Waals surface area contributed by atoms with Crippen molar-refractivity contribution in [2.24, 2.45) is 0 Å². The highest BCUT2D eigenvalue weighted by molar-refractivity contribution is 14.1. The van der Waals surface area contributed by atoms with Gasteiger partial charge in [-0.15, -0.1) is 0 Å². The molecule has 0 unspecified atom stereocenters. The number of nitrogens with zero attached hydrogens (tertiary/aromatic N) is 1. The molecule has 102 valence electrons. The van der Waals surface area contributed by atoms with Gasteiger partial charge in [0.15, 0.2) is 0 Å². The van der Waals surface area contributed by atoms with Crippen LogP contribution in [0.5, 0.6) is 0 Å². The molecule has 0 atom stereocenters. The first-order valence-corrected chi connectivity index (χ1v) is 8.56. The Morgan fingerprint density at radius 3 is 1.95 bits per heavy atom. The van der Waals surface area contributed by atoms with Gasteiger partial charge in [-0.1, -0.05) is 52.3 Å². The smallest absolute Gasteiger partial charge is 0.309 e. The topological polar surface area (TPSA) is 4.93 Å². The van der Waals surface area contributed by atoms with Gasteiger partial charge >= 0.3 is 1.43 Å². The number of fused-ring (bicyclic) bond motifs is 3. The number of para-hydroxylation sites is 2. The molecular formula is C18H12BrIN+. The van der Waals surface area contributed by atoms with E-state index in [1.54, 1.807) is 0 Å². The highest BCUT2D eigenvalue weighted by Gasteiger charge is 2.11. The average molecular weight is 449 g/mol. The summed E-state index contributed by atoms with van der Waals surface area (Å²) in [5.74, 6) is 0. The first-order valence-electron chi connectivity index (χ1n) is 6.69. The molecule has 0 aliphatic carbocycles. The monoisotopic (exact) mass is 448 g/mol. The second-order valence-corrected chi connectivity index (χ2v) is 7.16. The fourth-order valence-corrected chi connectivity index (χ4v) is 4.43. The minimum atomic E-state index is 0. The van der Waals surface area contributed by atoms with E-state index in [2.05, 4.69) is 110 Å². The summed E-state index contributed by atoms with van der Waals surface area (Å²) in [6.45, 7) is 0. The third-order valence-electron chi connectivity index (χ3n) is 3.69. The number of halogens is 2. The van der Waals surface area contributed by atoms with Crippen LogP contribution < -0.4 is 0 Å². The lowest BCUT2D eigenvalue weighted by molar-refractivity contribution is 1.17. The number of hydrogen-bond acceptors (Lipinski definition) is 0. The summed E-state index contributed by atoms with van der Waals surface area (Å²) in [5.41, 5.74) is 3.67. The lowest BCUT2D eigenvalue weighted by Gasteiger charge is -2.09. The molecule has 0 N–H and O–H groups in total. The van der Waals surface area contributed by atoms with Crippen molar-refractivity contribution in [1.29, 1.82) is 0 Å². The van der Waals surface area contributed by atoms with E-state index in [0.717, 1.165) is 4.47 Å². The predicted molar refractivity (Wildman–Crippen MR) is 102 cm³/mol. The van der Waals surface area contributed by atoms with Crippen molar-refractivity contribution in [3.63, 3.8) is 0 Å². The Morgan fingerprint density at radius 1 is 0.810 bits per heavy atom. The average Bonchev–Trinajstić information content (AvgIpc) is 2.81. The van der Waals surface area contributed by atoms with Crippen molar-refractivity contribution >= 4 is 60.3 Å². The van der Waals surface area contributed by atoms with E-state index in [-0.39, 0.29) is 1.43 Å². The second kappa shape index (κ2) is 5.14. The Balaban J connectivity index is 0.00000144. The molecule has 21 heavy (non-hydrogen) atoms. The fraction of sp³-hybridized carbons (Fsp3) is 0. The summed E-state index contributed by atoms with van der Waals surface area (Å²) in [5, 5.41) is 2.59. The van der Waals surface area contributed by atoms with Crippen LogP contribution in [0, 0.1) is 3.57 Å². The number of hydrogen-bond donors (Lipinski definition) is 0. The summed E-state index contributed by atoms with van der Waals surface area (Å²) >= 11 is 5.97. The third kappa shape index (κ3) is 2.19. The Kier molecular flexibility index (Phi) is 3.27. The van der Waals surface area contributed by atoms with Gasteiger partial charge in [-0.2, -0.15) is 0 Å². The molecule has 4 aromatic rings. The van der Waals surface area contributed by atoms with E-state index in [0.29, 0.717) is 0 Å². The van der Waals surface area contributed by atoms with Crippen LogP contribution in [0.2, 0.25) is 0 Å². The van der Waals surface area contributed by atoms with Gasteiger partial charge < -0.3 is 4.57 Å². The number of rotatable bonds is 1. The first-order chi connectivity index (χ1) is 10.2. The Hall–Kier alpha value is -1.33. The number of aromatic nitrogens is 1. The summed E-state index contributed by atoms with van der Waals surface area (Å²) in [6.07, 6.45) is 0. The minimum Gasteiger partial charge on any atom is -0.309 e. The van der Waals surface area contributed by atoms with Crippen molar-refractivity contribution in [3.05, 3.63) is 74.8 Å². The van der Waals surface area contributed by atoms with Crippen LogP contribution in [-0.2, 0) is 0 Å². The molecule has 0 aliphatic heterocycles. The quantitative estimate of drug-likeness (QED) is 0.303. The van der Waals surface area contributed by atoms with Crippen molar-refractivity contribution in [1.82, 2.24) is 4.57 Å². The van der Waals surface area contributed by atoms with E-state index in [4.69, 9.17) is 0 Å². The predicted octanol–water partition coefficient (Wildman–Crippen LogP) is 6.26. The highest BCUT2D eigenvalue weighted by atomic mass is 127. The maximum atomic E-state index is 3.61. The second-order valence-electron chi connectivity index (χ2n) is 5.00. The van der Waals surface area contributed by atoms with Crippen molar-refractivity contribution in [2.45, 2.75) is 0 Å². The molecule has 0 fully saturated rings. The van der Waals surface area contributed by atoms with Crippen LogP contribution in [0.1, 0.15) is 1.43 Å². The molecule has 0 radical (unpaired) electrons. The first kappa shape index (κ1) is 13.3. The van der Waals surface area contributed by atoms with Gasteiger partial charge in [0.1, 0.15) is 0 Å². The van der Waals surface area contributed by atoms with Crippen LogP contribution in [0.15, 0.2) is 71.2 Å². The van der Waals surface area contributed by atoms with Crippen molar-refractivity contribution in [3.8, 4) is 5.69 Å². The molecule has 0 saturated carbocycles. The molecule has 0 aliphatic rings. The molecule has 1 nitrogen and oxygen atoms in total. The van der Waals surface area contributed by atoms with E-state index in [9.17, 15) is 0 Å². The van der Waals surface area contributed by atoms with Gasteiger partial charge in [-0.05, 0) is 52.9 Å². The van der Waals surface area contributed by atoms with E-state index >= 15 is 0 Å². The third-order valence-corrected chi connectivity index (χ3v) is 4.77. The lowest BCUT2D eigenvalue weighted by atomic mass is 10.2. The largest absolute Gasteiger partial charge is 1.00 e. The van der Waals surface area contributed by atoms with Gasteiger partial charge in [0, 0.05) is 24.5 Å². The fourth-order valence-electron chi connectivity index (χ4n) is 2.87. The molecule has 4 rings (SSSR count). The molecule has 0 bridgehead atoms. The van der Waals surface area contributed by atoms with Gasteiger partial charge in [0.2, 0.25) is 0 Å². The molecule has 3 aromatic carbocycles. The molecule has 0 saturated heterocycles. The molecular weight excluding hydrogens is 437 g/mol. The van der Waals surface area contributed by atoms with E-state index < -0.39 is 0 Å². The van der Waals surface area contributed by atoms with Crippen LogP contribution in [0.25, 0.3) is 27.5 Å². The maximum Gasteiger partial charge on any atom is 1.00 e. The summed E-state index contributed by atoms with van der Waals surface area (Å²) in [4.78, 5) is 0. The zero-order chi connectivity index (χ0) is 14.4. The summed E-state index contributed by atoms with van der Waals surface area (Å²) in [7, 11) is 0. The zero-order valence-corrected chi connectivity index (χ0v) is 14.8. The molecule has 0 amide bonds. The van der Waals surface area contributed by atoms with Crippen molar-refractivity contribution in [2.75, 3.05) is 0 Å². The van der Waals surface area contributed by atoms with E-state index in [1.165, 1.54) is 31.1 Å². The molecule has 1 heterocycles. The van der Waals surface area contributed by atoms with Gasteiger partial charge in [0.05, 0.1) is 11.0 Å². The Morgan fingerprint density at radius 2 is 1.38 bits per heavy atom. The van der Waals surface area contributed by atoms with Gasteiger partial charge in [0.25, 0.3) is 0 Å². The zero-order valence-electron chi connectivity index (χ0n) is 12.1. The van der Waals surface area contributed by atoms with Crippen LogP contribution in [0.4, 0.5) is 0 Å². The van der Waals surface area contributed by atoms with Gasteiger partial charge in [-0.3, -0.25) is 0 Å². The Bertz CT molecular complexity index is 904. The number of benzene rings is 3. The van der Waals surface area contributed by atoms with Crippen LogP contribution in [0.3, 0.4) is 0 Å². The minimum absolute atomic E-state index is 0. The molecule has 1 aromatic heterocycles. The van der Waals surface area contributed by atoms with Crippen LogP contribution in [-0.4, -0.2) is 4.57 Å². The standard InChI is InChI=1S/C18H11BrIN/c19-12-9-13(20)11-14(10-12)21-17-7-3-1-5-15(17)16-6-2-4-8-18(16)21/h1-11H/p+1. The van der Waals surface area contributed by atoms with Gasteiger partial charge in [-0.25, -0.2) is 0 Å². The summed E-state index contributed by atoms with van der Waals surface area (Å²) in [6, 6.07) is 23.7. The maximum absolute atomic E-state index is 3.61. The SMILES string of the molecule is Brc1cc(I)cc(-n2c3ccccc3c3ccccc32)c1.[H+]. The molecule has 0 spiro atoms. The lowest BCUT2D eigenvalue weighted by Crippen LogP contribution is -1.94. The van der Waals surface area contributed by atoms with Crippen LogP contribution >= 0.6 is 38.5 Å². The Labute approximate surface area is 146 Å².